The molecule has 0 aliphatic carbocycles. The van der Waals surface area contributed by atoms with Crippen LogP contribution in [0.3, 0.4) is 0 Å². The summed E-state index contributed by atoms with van der Waals surface area (Å²) in [6, 6.07) is 22.9. The minimum Gasteiger partial charge on any atom is -0.326 e. The molecule has 0 amide bonds. The van der Waals surface area contributed by atoms with Crippen molar-refractivity contribution in [1.29, 1.82) is 0 Å². The third kappa shape index (κ3) is 3.03. The Kier molecular flexibility index (Phi) is 4.24. The number of fused-ring (bicyclic) bond motifs is 1. The lowest BCUT2D eigenvalue weighted by atomic mass is 9.98. The molecule has 0 bridgehead atoms. The topological polar surface area (TPSA) is 42.2 Å². The van der Waals surface area contributed by atoms with E-state index in [1.54, 1.807) is 0 Å². The van der Waals surface area contributed by atoms with E-state index in [9.17, 15) is 0 Å². The van der Waals surface area contributed by atoms with Gasteiger partial charge in [-0.2, -0.15) is 0 Å². The fourth-order valence-corrected chi connectivity index (χ4v) is 3.65. The van der Waals surface area contributed by atoms with Gasteiger partial charge in [-0.25, -0.2) is 4.98 Å². The van der Waals surface area contributed by atoms with Gasteiger partial charge in [0.2, 0.25) is 0 Å². The molecular formula is C22H23N3. The summed E-state index contributed by atoms with van der Waals surface area (Å²) >= 11 is 0. The predicted octanol–water partition coefficient (Wildman–Crippen LogP) is 4.52. The van der Waals surface area contributed by atoms with Gasteiger partial charge in [-0.1, -0.05) is 54.6 Å². The first kappa shape index (κ1) is 15.9. The molecule has 0 radical (unpaired) electrons. The molecule has 1 aliphatic rings. The van der Waals surface area contributed by atoms with E-state index in [4.69, 9.17) is 10.7 Å². The summed E-state index contributed by atoms with van der Waals surface area (Å²) in [5.41, 5.74) is 12.3. The smallest absolute Gasteiger partial charge is 0.133 e. The molecular weight excluding hydrogens is 306 g/mol. The first-order valence-electron chi connectivity index (χ1n) is 8.87. The second kappa shape index (κ2) is 6.69. The maximum Gasteiger partial charge on any atom is 0.133 e. The summed E-state index contributed by atoms with van der Waals surface area (Å²) in [4.78, 5) is 7.21. The monoisotopic (exact) mass is 329 g/mol. The van der Waals surface area contributed by atoms with Crippen molar-refractivity contribution in [3.63, 3.8) is 0 Å². The van der Waals surface area contributed by atoms with Crippen molar-refractivity contribution in [2.45, 2.75) is 25.8 Å². The summed E-state index contributed by atoms with van der Waals surface area (Å²) < 4.78 is 0. The lowest BCUT2D eigenvalue weighted by molar-refractivity contribution is 0.756. The van der Waals surface area contributed by atoms with Gasteiger partial charge in [0.1, 0.15) is 5.82 Å². The van der Waals surface area contributed by atoms with Crippen LogP contribution in [-0.4, -0.2) is 11.5 Å². The van der Waals surface area contributed by atoms with Crippen LogP contribution in [0.1, 0.15) is 34.8 Å². The second-order valence-electron chi connectivity index (χ2n) is 6.62. The molecule has 2 N–H and O–H groups in total. The molecule has 126 valence electrons. The van der Waals surface area contributed by atoms with E-state index in [2.05, 4.69) is 60.4 Å². The number of nitrogens with zero attached hydrogens (tertiary/aromatic N) is 2. The molecule has 25 heavy (non-hydrogen) atoms. The van der Waals surface area contributed by atoms with Gasteiger partial charge in [0, 0.05) is 17.9 Å². The van der Waals surface area contributed by atoms with Crippen molar-refractivity contribution in [3.8, 4) is 0 Å². The lowest BCUT2D eigenvalue weighted by Crippen LogP contribution is -2.25. The Morgan fingerprint density at radius 2 is 1.72 bits per heavy atom. The van der Waals surface area contributed by atoms with Crippen molar-refractivity contribution < 1.29 is 0 Å². The standard InChI is InChI=1S/C22H23N3/c1-16-19(22(23)18-9-3-2-4-10-18)13-14-21(24-16)25-15-7-11-17-8-5-6-12-20(17)25/h2-6,8-10,12-14,22H,7,11,15,23H2,1H3. The minimum absolute atomic E-state index is 0.142. The number of anilines is 2. The maximum absolute atomic E-state index is 6.47. The van der Waals surface area contributed by atoms with Crippen molar-refractivity contribution >= 4 is 11.5 Å². The molecule has 0 saturated heterocycles. The minimum atomic E-state index is -0.142. The van der Waals surface area contributed by atoms with Crippen LogP contribution in [0.15, 0.2) is 66.7 Å². The molecule has 4 rings (SSSR count). The third-order valence-electron chi connectivity index (χ3n) is 4.99. The van der Waals surface area contributed by atoms with Crippen LogP contribution in [0.25, 0.3) is 0 Å². The van der Waals surface area contributed by atoms with Crippen molar-refractivity contribution in [2.75, 3.05) is 11.4 Å². The zero-order chi connectivity index (χ0) is 17.2. The first-order chi connectivity index (χ1) is 12.2. The Balaban J connectivity index is 1.67. The number of nitrogens with two attached hydrogens (primary N) is 1. The van der Waals surface area contributed by atoms with Gasteiger partial charge < -0.3 is 10.6 Å². The van der Waals surface area contributed by atoms with E-state index < -0.39 is 0 Å². The molecule has 3 aromatic rings. The number of aromatic nitrogens is 1. The summed E-state index contributed by atoms with van der Waals surface area (Å²) in [5.74, 6) is 1.01. The van der Waals surface area contributed by atoms with Crippen LogP contribution >= 0.6 is 0 Å². The van der Waals surface area contributed by atoms with Crippen molar-refractivity contribution in [1.82, 2.24) is 4.98 Å². The van der Waals surface area contributed by atoms with Crippen LogP contribution in [0.2, 0.25) is 0 Å². The number of hydrogen-bond acceptors (Lipinski definition) is 3. The van der Waals surface area contributed by atoms with Crippen LogP contribution in [0.5, 0.6) is 0 Å². The van der Waals surface area contributed by atoms with Crippen molar-refractivity contribution in [2.24, 2.45) is 5.73 Å². The highest BCUT2D eigenvalue weighted by Crippen LogP contribution is 2.33. The van der Waals surface area contributed by atoms with Gasteiger partial charge in [-0.15, -0.1) is 0 Å². The number of benzene rings is 2. The van der Waals surface area contributed by atoms with E-state index in [0.717, 1.165) is 42.0 Å². The number of aryl methyl sites for hydroxylation is 2. The predicted molar refractivity (Wildman–Crippen MR) is 103 cm³/mol. The quantitative estimate of drug-likeness (QED) is 0.768. The van der Waals surface area contributed by atoms with E-state index in [1.807, 2.05) is 18.2 Å². The maximum atomic E-state index is 6.47. The summed E-state index contributed by atoms with van der Waals surface area (Å²) in [7, 11) is 0. The number of rotatable bonds is 3. The Morgan fingerprint density at radius 1 is 0.960 bits per heavy atom. The van der Waals surface area contributed by atoms with E-state index in [-0.39, 0.29) is 6.04 Å². The average molecular weight is 329 g/mol. The van der Waals surface area contributed by atoms with Gasteiger partial charge >= 0.3 is 0 Å². The Hall–Kier alpha value is -2.65. The molecule has 0 spiro atoms. The fraction of sp³-hybridized carbons (Fsp3) is 0.227. The Morgan fingerprint density at radius 3 is 2.52 bits per heavy atom. The van der Waals surface area contributed by atoms with Crippen molar-refractivity contribution in [3.05, 3.63) is 89.1 Å². The molecule has 2 heterocycles. The second-order valence-corrected chi connectivity index (χ2v) is 6.62. The van der Waals surface area contributed by atoms with Gasteiger partial charge in [0.05, 0.1) is 6.04 Å². The van der Waals surface area contributed by atoms with Gasteiger partial charge in [-0.05, 0) is 48.6 Å². The van der Waals surface area contributed by atoms with E-state index in [1.165, 1.54) is 11.3 Å². The molecule has 3 nitrogen and oxygen atoms in total. The molecule has 0 saturated carbocycles. The highest BCUT2D eigenvalue weighted by molar-refractivity contribution is 5.65. The average Bonchev–Trinajstić information content (AvgIpc) is 2.67. The zero-order valence-electron chi connectivity index (χ0n) is 14.5. The summed E-state index contributed by atoms with van der Waals surface area (Å²) in [6.45, 7) is 3.06. The largest absolute Gasteiger partial charge is 0.326 e. The van der Waals surface area contributed by atoms with Crippen LogP contribution < -0.4 is 10.6 Å². The summed E-state index contributed by atoms with van der Waals surface area (Å²) in [5, 5.41) is 0. The van der Waals surface area contributed by atoms with E-state index >= 15 is 0 Å². The van der Waals surface area contributed by atoms with Crippen LogP contribution in [-0.2, 0) is 6.42 Å². The number of para-hydroxylation sites is 1. The number of pyridine rings is 1. The third-order valence-corrected chi connectivity index (χ3v) is 4.99. The Bertz CT molecular complexity index is 873. The summed E-state index contributed by atoms with van der Waals surface area (Å²) in [6.07, 6.45) is 2.30. The molecule has 1 aromatic heterocycles. The highest BCUT2D eigenvalue weighted by Gasteiger charge is 2.20. The van der Waals surface area contributed by atoms with Crippen LogP contribution in [0.4, 0.5) is 11.5 Å². The Labute approximate surface area is 149 Å². The molecule has 0 fully saturated rings. The molecule has 1 unspecified atom stereocenters. The molecule has 1 aliphatic heterocycles. The van der Waals surface area contributed by atoms with Gasteiger partial charge in [-0.3, -0.25) is 0 Å². The SMILES string of the molecule is Cc1nc(N2CCCc3ccccc32)ccc1C(N)c1ccccc1. The molecule has 3 heteroatoms. The fourth-order valence-electron chi connectivity index (χ4n) is 3.65. The van der Waals surface area contributed by atoms with E-state index in [0.29, 0.717) is 0 Å². The molecule has 2 aromatic carbocycles. The lowest BCUT2D eigenvalue weighted by Gasteiger charge is -2.31. The highest BCUT2D eigenvalue weighted by atomic mass is 15.2. The number of hydrogen-bond donors (Lipinski definition) is 1. The zero-order valence-corrected chi connectivity index (χ0v) is 14.5. The molecule has 1 atom stereocenters. The van der Waals surface area contributed by atoms with Gasteiger partial charge in [0.15, 0.2) is 0 Å². The normalized spacial score (nSPS) is 14.9. The van der Waals surface area contributed by atoms with Gasteiger partial charge in [0.25, 0.3) is 0 Å². The first-order valence-corrected chi connectivity index (χ1v) is 8.87. The van der Waals surface area contributed by atoms with Crippen LogP contribution in [0, 0.1) is 6.92 Å².